The number of likely N-dealkylation sites (tertiary alicyclic amines) is 1. The van der Waals surface area contributed by atoms with Crippen LogP contribution in [-0.4, -0.2) is 164 Å². The van der Waals surface area contributed by atoms with Crippen molar-refractivity contribution in [1.29, 1.82) is 0 Å². The van der Waals surface area contributed by atoms with Crippen molar-refractivity contribution in [1.82, 2.24) is 19.4 Å². The molecule has 91 heavy (non-hydrogen) atoms. The predicted molar refractivity (Wildman–Crippen MR) is 319 cm³/mol. The van der Waals surface area contributed by atoms with Gasteiger partial charge >= 0.3 is 115 Å². The van der Waals surface area contributed by atoms with Gasteiger partial charge in [0.25, 0.3) is 6.47 Å². The van der Waals surface area contributed by atoms with Crippen LogP contribution in [0.2, 0.25) is 0 Å². The first-order valence-electron chi connectivity index (χ1n) is 26.6. The molecule has 0 spiro atoms. The van der Waals surface area contributed by atoms with Gasteiger partial charge in [-0.15, -0.1) is 11.6 Å². The van der Waals surface area contributed by atoms with Crippen LogP contribution < -0.4 is 156 Å². The maximum Gasteiger partial charge on any atom is 1.00 e. The molecule has 0 bridgehead atoms. The minimum Gasteiger partial charge on any atom is -1.00 e. The summed E-state index contributed by atoms with van der Waals surface area (Å²) in [4.78, 5) is 33.7. The number of anilines is 4. The summed E-state index contributed by atoms with van der Waals surface area (Å²) in [7, 11) is -4.08. The average molecular weight is 1400 g/mol. The zero-order valence-electron chi connectivity index (χ0n) is 51.2. The van der Waals surface area contributed by atoms with Crippen molar-refractivity contribution in [3.8, 4) is 35.2 Å². The van der Waals surface area contributed by atoms with Gasteiger partial charge in [-0.2, -0.15) is 26.3 Å². The number of carbonyl (C=O) groups excluding carboxylic acids is 3. The second-order valence-electron chi connectivity index (χ2n) is 19.8. The largest absolute Gasteiger partial charge is 1.00 e. The molecule has 21 nitrogen and oxygen atoms in total. The van der Waals surface area contributed by atoms with Crippen LogP contribution in [0.5, 0.6) is 11.5 Å². The van der Waals surface area contributed by atoms with Crippen LogP contribution in [0.1, 0.15) is 25.7 Å². The van der Waals surface area contributed by atoms with Gasteiger partial charge in [-0.25, -0.2) is 25.6 Å². The number of alkyl halides is 9. The molecule has 8 rings (SSSR count). The monoisotopic (exact) mass is 1390 g/mol. The van der Waals surface area contributed by atoms with Crippen molar-refractivity contribution in [3.05, 3.63) is 96.3 Å². The number of hydrogen-bond donors (Lipinski definition) is 7. The van der Waals surface area contributed by atoms with Crippen LogP contribution in [-0.2, 0) is 52.0 Å². The standard InChI is InChI=1S/C28H31F4N5O4S.C26H28F4N4O3S.C2H4ClNO.CH2O3.2K.H/c1-41-26-14-19(42(2,39)40)8-9-24(26)34-11-4-5-18-13-20-22(6-3-7-25(20)37(18)17-28(30,31)32)35-23-10-12-36(15-21(23)29)16-27(33)38;1-37-25-14-18(38(2,35)36)8-9-23(25)32-11-4-5-17-13-19-21(33-22-10-12-31-15-20(22)27)6-3-7-24(19)34(17)16-26(28,29)30;3-1-2(4)5;2-1-4-3;;;/h3,6-9,13-14,21,23,34-35H,10-12,15-17H2,1-2H3,(H2,33,38);3,6-9,13-14,20,22,31-33H,10-12,15-16H2,1-2H3;1H2,(H2,4,5);1,3H;;;/q;;;;2*+1;-1/p-1/t21-,23+;20-,22+;;;;;/m11...../s1. The van der Waals surface area contributed by atoms with E-state index in [1.54, 1.807) is 47.4 Å². The number of rotatable bonds is 18. The molecule has 34 heteroatoms. The Hall–Kier alpha value is -4.93. The molecule has 0 radical (unpaired) electrons. The van der Waals surface area contributed by atoms with Gasteiger partial charge in [0, 0.05) is 66.4 Å². The molecule has 9 N–H and O–H groups in total. The summed E-state index contributed by atoms with van der Waals surface area (Å²) in [5.41, 5.74) is 12.6. The fourth-order valence-corrected chi connectivity index (χ4v) is 10.5. The van der Waals surface area contributed by atoms with E-state index in [9.17, 15) is 61.5 Å². The molecule has 2 saturated heterocycles. The third kappa shape index (κ3) is 25.4. The number of halogens is 9. The fraction of sp³-hybridized carbons (Fsp3) is 0.386. The summed E-state index contributed by atoms with van der Waals surface area (Å²) < 4.78 is 170. The molecular formula is C57H65ClF8K2N10O11S2. The van der Waals surface area contributed by atoms with Crippen LogP contribution in [0.4, 0.5) is 57.9 Å². The second kappa shape index (κ2) is 37.2. The first-order valence-corrected chi connectivity index (χ1v) is 30.9. The molecule has 0 saturated carbocycles. The van der Waals surface area contributed by atoms with Crippen LogP contribution in [0.15, 0.2) is 94.7 Å². The summed E-state index contributed by atoms with van der Waals surface area (Å²) in [6.45, 7) is -1.31. The predicted octanol–water partition coefficient (Wildman–Crippen LogP) is -0.154. The molecule has 6 aromatic rings. The van der Waals surface area contributed by atoms with Crippen molar-refractivity contribution in [2.45, 2.75) is 72.5 Å². The van der Waals surface area contributed by atoms with E-state index in [2.05, 4.69) is 60.9 Å². The second-order valence-corrected chi connectivity index (χ2v) is 24.1. The normalized spacial score (nSPS) is 16.4. The molecule has 2 fully saturated rings. The minimum atomic E-state index is -4.52. The smallest absolute Gasteiger partial charge is 1.00 e. The van der Waals surface area contributed by atoms with Gasteiger partial charge in [0.05, 0.1) is 89.5 Å². The van der Waals surface area contributed by atoms with Gasteiger partial charge in [0.15, 0.2) is 19.7 Å². The van der Waals surface area contributed by atoms with Gasteiger partial charge in [-0.1, -0.05) is 24.0 Å². The molecule has 4 aromatic carbocycles. The van der Waals surface area contributed by atoms with E-state index in [1.165, 1.54) is 56.7 Å². The third-order valence-corrected chi connectivity index (χ3v) is 15.7. The zero-order chi connectivity index (χ0) is 65.9. The molecular weight excluding hydrogens is 1330 g/mol. The number of benzene rings is 4. The maximum atomic E-state index is 14.9. The molecule has 0 unspecified atom stereocenters. The van der Waals surface area contributed by atoms with Gasteiger partial charge in [-0.05, 0) is 91.9 Å². The Balaban J connectivity index is 0.000000539. The summed E-state index contributed by atoms with van der Waals surface area (Å²) in [5, 5.41) is 24.7. The van der Waals surface area contributed by atoms with Crippen molar-refractivity contribution in [2.24, 2.45) is 11.5 Å². The number of aromatic nitrogens is 2. The minimum absolute atomic E-state index is 0. The van der Waals surface area contributed by atoms with E-state index in [0.717, 1.165) is 21.6 Å². The number of piperidine rings is 2. The van der Waals surface area contributed by atoms with E-state index in [4.69, 9.17) is 36.9 Å². The maximum absolute atomic E-state index is 14.9. The Morgan fingerprint density at radius 1 is 0.714 bits per heavy atom. The molecule has 0 aliphatic carbocycles. The molecule has 486 valence electrons. The Bertz CT molecular complexity index is 3820. The van der Waals surface area contributed by atoms with Crippen molar-refractivity contribution >= 4 is 94.1 Å². The number of ether oxygens (including phenoxy) is 2. The van der Waals surface area contributed by atoms with Crippen LogP contribution in [0.25, 0.3) is 21.8 Å². The first-order chi connectivity index (χ1) is 41.9. The Morgan fingerprint density at radius 3 is 1.49 bits per heavy atom. The zero-order valence-corrected chi connectivity index (χ0v) is 58.8. The molecule has 4 heterocycles. The van der Waals surface area contributed by atoms with E-state index in [1.807, 2.05) is 0 Å². The van der Waals surface area contributed by atoms with Crippen LogP contribution in [0.3, 0.4) is 0 Å². The van der Waals surface area contributed by atoms with Crippen LogP contribution in [0, 0.1) is 23.7 Å². The molecule has 2 amide bonds. The van der Waals surface area contributed by atoms with Gasteiger partial charge < -0.3 is 68.2 Å². The fourth-order valence-electron chi connectivity index (χ4n) is 9.25. The number of amides is 2. The number of primary amides is 2. The van der Waals surface area contributed by atoms with E-state index >= 15 is 0 Å². The number of methoxy groups -OCH3 is 2. The van der Waals surface area contributed by atoms with Crippen LogP contribution >= 0.6 is 11.6 Å². The number of nitrogens with zero attached hydrogens (tertiary/aromatic N) is 3. The quantitative estimate of drug-likeness (QED) is 0.0112. The molecule has 2 aliphatic rings. The van der Waals surface area contributed by atoms with E-state index in [0.29, 0.717) is 70.7 Å². The molecule has 2 aromatic heterocycles. The summed E-state index contributed by atoms with van der Waals surface area (Å²) in [5.74, 6) is 10.7. The van der Waals surface area contributed by atoms with Crippen molar-refractivity contribution in [3.63, 3.8) is 0 Å². The number of sulfone groups is 2. The Kier molecular flexibility index (Phi) is 32.9. The van der Waals surface area contributed by atoms with Crippen molar-refractivity contribution in [2.75, 3.05) is 99.7 Å². The number of carbonyl (C=O) groups is 3. The summed E-state index contributed by atoms with van der Waals surface area (Å²) in [6.07, 6.45) is -8.34. The molecule has 2 aliphatic heterocycles. The number of nitrogens with two attached hydrogens (primary N) is 2. The summed E-state index contributed by atoms with van der Waals surface area (Å²) in [6, 6.07) is 20.5. The van der Waals surface area contributed by atoms with E-state index in [-0.39, 0.29) is 182 Å². The number of fused-ring (bicyclic) bond motifs is 2. The Labute approximate surface area is 611 Å². The first kappa shape index (κ1) is 80.3. The third-order valence-electron chi connectivity index (χ3n) is 13.2. The SMILES string of the molecule is COc1cc(S(C)(=O)=O)ccc1NCC#Cc1cc2c(N[C@H]3CCN(CC(N)=O)C[C@H]3F)cccc2n1CC(F)(F)F.COc1cc(S(C)(=O)=O)ccc1NCC#Cc1cc2c(N[C@H]3CCNC[C@H]3F)cccc2n1CC(F)(F)F.NC(=O)CCl.O=CO[O-].[H-].[K+].[K+]. The topological polar surface area (TPSA) is 296 Å². The van der Waals surface area contributed by atoms with Gasteiger partial charge in [0.2, 0.25) is 11.8 Å². The summed E-state index contributed by atoms with van der Waals surface area (Å²) >= 11 is 4.86. The van der Waals surface area contributed by atoms with Gasteiger partial charge in [-0.3, -0.25) is 19.3 Å². The Morgan fingerprint density at radius 2 is 1.14 bits per heavy atom. The van der Waals surface area contributed by atoms with E-state index < -0.39 is 81.4 Å². The number of hydrogen-bond acceptors (Lipinski definition) is 17. The average Bonchev–Trinajstić information content (AvgIpc) is 1.64. The van der Waals surface area contributed by atoms with Crippen molar-refractivity contribution < 1.29 is 190 Å². The number of nitrogens with one attached hydrogen (secondary N) is 5. The van der Waals surface area contributed by atoms with Gasteiger partial charge in [0.1, 0.15) is 42.8 Å². The molecule has 4 atom stereocenters.